The minimum absolute atomic E-state index is 0.0265. The van der Waals surface area contributed by atoms with E-state index in [4.69, 9.17) is 0 Å². The number of carbonyl (C=O) groups excluding carboxylic acids is 2. The van der Waals surface area contributed by atoms with Gasteiger partial charge in [0.05, 0.1) is 6.42 Å². The van der Waals surface area contributed by atoms with Gasteiger partial charge in [0, 0.05) is 32.1 Å². The molecule has 0 N–H and O–H groups in total. The van der Waals surface area contributed by atoms with Gasteiger partial charge in [-0.3, -0.25) is 9.59 Å². The molecule has 2 aliphatic rings. The Bertz CT molecular complexity index is 624. The Kier molecular flexibility index (Phi) is 5.22. The predicted octanol–water partition coefficient (Wildman–Crippen LogP) is 2.43. The summed E-state index contributed by atoms with van der Waals surface area (Å²) in [6.45, 7) is 6.70. The average Bonchev–Trinajstić information content (AvgIpc) is 2.88. The van der Waals surface area contributed by atoms with Gasteiger partial charge in [-0.05, 0) is 42.4 Å². The van der Waals surface area contributed by atoms with Crippen molar-refractivity contribution in [1.29, 1.82) is 0 Å². The van der Waals surface area contributed by atoms with Crippen molar-refractivity contribution in [1.82, 2.24) is 9.80 Å². The van der Waals surface area contributed by atoms with Gasteiger partial charge < -0.3 is 9.80 Å². The van der Waals surface area contributed by atoms with Gasteiger partial charge >= 0.3 is 0 Å². The maximum absolute atomic E-state index is 12.7. The minimum Gasteiger partial charge on any atom is -0.341 e. The molecule has 1 aliphatic heterocycles. The second-order valence-corrected chi connectivity index (χ2v) is 7.35. The van der Waals surface area contributed by atoms with E-state index in [0.717, 1.165) is 31.5 Å². The fourth-order valence-corrected chi connectivity index (χ4v) is 3.77. The second kappa shape index (κ2) is 7.37. The molecular weight excluding hydrogens is 300 g/mol. The summed E-state index contributed by atoms with van der Waals surface area (Å²) in [5.74, 6) is 0.411. The molecule has 4 heteroatoms. The van der Waals surface area contributed by atoms with Crippen LogP contribution >= 0.6 is 0 Å². The Morgan fingerprint density at radius 2 is 1.67 bits per heavy atom. The molecule has 0 bridgehead atoms. The van der Waals surface area contributed by atoms with Crippen molar-refractivity contribution in [3.05, 3.63) is 34.9 Å². The third-order valence-electron chi connectivity index (χ3n) is 5.17. The molecule has 3 rings (SSSR count). The maximum Gasteiger partial charge on any atom is 0.227 e. The number of rotatable bonds is 3. The summed E-state index contributed by atoms with van der Waals surface area (Å²) in [6.07, 6.45) is 4.90. The SMILES string of the molecule is CC(C)C(=O)N1CCCN(C(=O)Cc2ccc3c(c2)CCC3)CC1. The normalized spacial score (nSPS) is 17.8. The fourth-order valence-electron chi connectivity index (χ4n) is 3.77. The molecule has 24 heavy (non-hydrogen) atoms. The molecular formula is C20H28N2O2. The first kappa shape index (κ1) is 17.0. The average molecular weight is 328 g/mol. The van der Waals surface area contributed by atoms with E-state index in [1.54, 1.807) is 0 Å². The molecule has 1 aromatic rings. The molecule has 1 heterocycles. The molecule has 1 fully saturated rings. The van der Waals surface area contributed by atoms with Crippen LogP contribution in [0.1, 0.15) is 43.4 Å². The van der Waals surface area contributed by atoms with Crippen LogP contribution < -0.4 is 0 Å². The first-order chi connectivity index (χ1) is 11.5. The van der Waals surface area contributed by atoms with Gasteiger partial charge in [-0.25, -0.2) is 0 Å². The van der Waals surface area contributed by atoms with Crippen LogP contribution in [0.25, 0.3) is 0 Å². The van der Waals surface area contributed by atoms with Crippen LogP contribution in [0.4, 0.5) is 0 Å². The summed E-state index contributed by atoms with van der Waals surface area (Å²) in [6, 6.07) is 6.51. The van der Waals surface area contributed by atoms with Gasteiger partial charge in [-0.1, -0.05) is 32.0 Å². The lowest BCUT2D eigenvalue weighted by molar-refractivity contribution is -0.135. The van der Waals surface area contributed by atoms with Crippen LogP contribution in [0.5, 0.6) is 0 Å². The highest BCUT2D eigenvalue weighted by molar-refractivity contribution is 5.80. The van der Waals surface area contributed by atoms with Crippen LogP contribution in [0, 0.1) is 5.92 Å². The number of nitrogens with zero attached hydrogens (tertiary/aromatic N) is 2. The summed E-state index contributed by atoms with van der Waals surface area (Å²) in [5, 5.41) is 0. The number of aryl methyl sites for hydroxylation is 2. The van der Waals surface area contributed by atoms with E-state index >= 15 is 0 Å². The standard InChI is InChI=1S/C20H28N2O2/c1-15(2)20(24)22-10-4-9-21(11-12-22)19(23)14-16-7-8-17-5-3-6-18(17)13-16/h7-8,13,15H,3-6,9-12,14H2,1-2H3. The topological polar surface area (TPSA) is 40.6 Å². The number of benzene rings is 1. The molecule has 1 aliphatic carbocycles. The molecule has 130 valence electrons. The van der Waals surface area contributed by atoms with Crippen molar-refractivity contribution in [2.45, 2.75) is 46.0 Å². The van der Waals surface area contributed by atoms with Crippen LogP contribution in [0.3, 0.4) is 0 Å². The van der Waals surface area contributed by atoms with Gasteiger partial charge in [0.25, 0.3) is 0 Å². The van der Waals surface area contributed by atoms with Crippen LogP contribution in [-0.4, -0.2) is 47.8 Å². The Hall–Kier alpha value is -1.84. The molecule has 2 amide bonds. The monoisotopic (exact) mass is 328 g/mol. The molecule has 0 atom stereocenters. The summed E-state index contributed by atoms with van der Waals surface area (Å²) < 4.78 is 0. The quantitative estimate of drug-likeness (QED) is 0.855. The zero-order valence-electron chi connectivity index (χ0n) is 14.9. The van der Waals surface area contributed by atoms with E-state index in [1.165, 1.54) is 24.0 Å². The third-order valence-corrected chi connectivity index (χ3v) is 5.17. The predicted molar refractivity (Wildman–Crippen MR) is 94.8 cm³/mol. The van der Waals surface area contributed by atoms with Gasteiger partial charge in [-0.15, -0.1) is 0 Å². The molecule has 0 radical (unpaired) electrons. The van der Waals surface area contributed by atoms with Crippen LogP contribution in [0.2, 0.25) is 0 Å². The molecule has 1 aromatic carbocycles. The third kappa shape index (κ3) is 3.80. The largest absolute Gasteiger partial charge is 0.341 e. The Labute approximate surface area is 144 Å². The Morgan fingerprint density at radius 1 is 0.958 bits per heavy atom. The maximum atomic E-state index is 12.7. The second-order valence-electron chi connectivity index (χ2n) is 7.35. The summed E-state index contributed by atoms with van der Waals surface area (Å²) in [4.78, 5) is 28.6. The Balaban J connectivity index is 1.58. The lowest BCUT2D eigenvalue weighted by Gasteiger charge is -2.23. The minimum atomic E-state index is 0.0265. The van der Waals surface area contributed by atoms with Crippen molar-refractivity contribution >= 4 is 11.8 Å². The molecule has 0 saturated carbocycles. The highest BCUT2D eigenvalue weighted by Gasteiger charge is 2.23. The van der Waals surface area contributed by atoms with Gasteiger partial charge in [0.15, 0.2) is 0 Å². The highest BCUT2D eigenvalue weighted by atomic mass is 16.2. The van der Waals surface area contributed by atoms with Gasteiger partial charge in [0.2, 0.25) is 11.8 Å². The van der Waals surface area contributed by atoms with Crippen molar-refractivity contribution in [3.63, 3.8) is 0 Å². The fraction of sp³-hybridized carbons (Fsp3) is 0.600. The van der Waals surface area contributed by atoms with E-state index in [9.17, 15) is 9.59 Å². The molecule has 0 aromatic heterocycles. The Morgan fingerprint density at radius 3 is 2.46 bits per heavy atom. The smallest absolute Gasteiger partial charge is 0.227 e. The number of carbonyl (C=O) groups is 2. The lowest BCUT2D eigenvalue weighted by atomic mass is 10.0. The van der Waals surface area contributed by atoms with E-state index < -0.39 is 0 Å². The number of hydrogen-bond acceptors (Lipinski definition) is 2. The molecule has 4 nitrogen and oxygen atoms in total. The zero-order valence-corrected chi connectivity index (χ0v) is 14.9. The first-order valence-corrected chi connectivity index (χ1v) is 9.22. The number of hydrogen-bond donors (Lipinski definition) is 0. The van der Waals surface area contributed by atoms with Crippen molar-refractivity contribution in [2.24, 2.45) is 5.92 Å². The van der Waals surface area contributed by atoms with Crippen LogP contribution in [-0.2, 0) is 28.9 Å². The van der Waals surface area contributed by atoms with E-state index in [0.29, 0.717) is 19.5 Å². The van der Waals surface area contributed by atoms with E-state index in [-0.39, 0.29) is 17.7 Å². The molecule has 0 unspecified atom stereocenters. The molecule has 1 saturated heterocycles. The molecule has 0 spiro atoms. The number of amides is 2. The van der Waals surface area contributed by atoms with Gasteiger partial charge in [0.1, 0.15) is 0 Å². The lowest BCUT2D eigenvalue weighted by Crippen LogP contribution is -2.39. The summed E-state index contributed by atoms with van der Waals surface area (Å²) in [5.41, 5.74) is 3.99. The summed E-state index contributed by atoms with van der Waals surface area (Å²) >= 11 is 0. The van der Waals surface area contributed by atoms with E-state index in [1.807, 2.05) is 23.6 Å². The van der Waals surface area contributed by atoms with E-state index in [2.05, 4.69) is 18.2 Å². The van der Waals surface area contributed by atoms with Crippen molar-refractivity contribution < 1.29 is 9.59 Å². The van der Waals surface area contributed by atoms with Gasteiger partial charge in [-0.2, -0.15) is 0 Å². The van der Waals surface area contributed by atoms with Crippen LogP contribution in [0.15, 0.2) is 18.2 Å². The van der Waals surface area contributed by atoms with Crippen molar-refractivity contribution in [2.75, 3.05) is 26.2 Å². The zero-order chi connectivity index (χ0) is 17.1. The summed E-state index contributed by atoms with van der Waals surface area (Å²) in [7, 11) is 0. The first-order valence-electron chi connectivity index (χ1n) is 9.22. The van der Waals surface area contributed by atoms with Crippen molar-refractivity contribution in [3.8, 4) is 0 Å². The number of fused-ring (bicyclic) bond motifs is 1. The highest BCUT2D eigenvalue weighted by Crippen LogP contribution is 2.23.